The SMILES string of the molecule is O=C(CCCN1CCCCC1=O)NC1COCC1Cc1ccncc1. The van der Waals surface area contributed by atoms with Gasteiger partial charge in [-0.25, -0.2) is 0 Å². The van der Waals surface area contributed by atoms with Crippen molar-refractivity contribution in [2.45, 2.75) is 44.6 Å². The Balaban J connectivity index is 1.40. The predicted octanol–water partition coefficient (Wildman–Crippen LogP) is 1.55. The topological polar surface area (TPSA) is 71.5 Å². The Morgan fingerprint density at radius 1 is 1.28 bits per heavy atom. The van der Waals surface area contributed by atoms with Gasteiger partial charge in [0.1, 0.15) is 0 Å². The maximum atomic E-state index is 12.2. The molecule has 25 heavy (non-hydrogen) atoms. The van der Waals surface area contributed by atoms with E-state index >= 15 is 0 Å². The fraction of sp³-hybridized carbons (Fsp3) is 0.632. The van der Waals surface area contributed by atoms with Gasteiger partial charge < -0.3 is 15.0 Å². The first kappa shape index (κ1) is 17.9. The second-order valence-corrected chi connectivity index (χ2v) is 6.97. The number of nitrogens with one attached hydrogen (secondary N) is 1. The molecular weight excluding hydrogens is 318 g/mol. The molecule has 0 aliphatic carbocycles. The van der Waals surface area contributed by atoms with Crippen molar-refractivity contribution in [2.24, 2.45) is 5.92 Å². The van der Waals surface area contributed by atoms with Crippen LogP contribution in [0.5, 0.6) is 0 Å². The Hall–Kier alpha value is -1.95. The number of carbonyl (C=O) groups excluding carboxylic acids is 2. The minimum Gasteiger partial charge on any atom is -0.379 e. The van der Waals surface area contributed by atoms with Gasteiger partial charge in [-0.15, -0.1) is 0 Å². The number of amides is 2. The van der Waals surface area contributed by atoms with Gasteiger partial charge in [0.15, 0.2) is 0 Å². The van der Waals surface area contributed by atoms with Gasteiger partial charge in [0.25, 0.3) is 0 Å². The van der Waals surface area contributed by atoms with Gasteiger partial charge in [0, 0.05) is 44.2 Å². The summed E-state index contributed by atoms with van der Waals surface area (Å²) in [5.74, 6) is 0.586. The average Bonchev–Trinajstić information content (AvgIpc) is 3.04. The number of likely N-dealkylation sites (tertiary alicyclic amines) is 1. The van der Waals surface area contributed by atoms with Gasteiger partial charge in [0.2, 0.25) is 11.8 Å². The zero-order chi connectivity index (χ0) is 17.5. The summed E-state index contributed by atoms with van der Waals surface area (Å²) in [5, 5.41) is 3.12. The minimum atomic E-state index is 0.0553. The molecule has 1 N–H and O–H groups in total. The number of piperidine rings is 1. The number of carbonyl (C=O) groups is 2. The van der Waals surface area contributed by atoms with E-state index in [0.717, 1.165) is 32.2 Å². The van der Waals surface area contributed by atoms with Crippen LogP contribution < -0.4 is 5.32 Å². The van der Waals surface area contributed by atoms with E-state index in [0.29, 0.717) is 38.5 Å². The van der Waals surface area contributed by atoms with Crippen molar-refractivity contribution in [3.63, 3.8) is 0 Å². The van der Waals surface area contributed by atoms with Crippen molar-refractivity contribution >= 4 is 11.8 Å². The first-order chi connectivity index (χ1) is 12.2. The largest absolute Gasteiger partial charge is 0.379 e. The summed E-state index contributed by atoms with van der Waals surface area (Å²) in [6.45, 7) is 2.78. The first-order valence-electron chi connectivity index (χ1n) is 9.26. The Kier molecular flexibility index (Phi) is 6.39. The van der Waals surface area contributed by atoms with Gasteiger partial charge in [-0.1, -0.05) is 0 Å². The summed E-state index contributed by atoms with van der Waals surface area (Å²) in [6.07, 6.45) is 8.38. The molecule has 0 radical (unpaired) electrons. The number of hydrogen-bond donors (Lipinski definition) is 1. The highest BCUT2D eigenvalue weighted by Gasteiger charge is 2.29. The van der Waals surface area contributed by atoms with Crippen LogP contribution in [0.3, 0.4) is 0 Å². The average molecular weight is 345 g/mol. The van der Waals surface area contributed by atoms with Gasteiger partial charge in [-0.05, 0) is 43.4 Å². The number of aromatic nitrogens is 1. The molecule has 6 nitrogen and oxygen atoms in total. The maximum absolute atomic E-state index is 12.2. The van der Waals surface area contributed by atoms with E-state index in [4.69, 9.17) is 4.74 Å². The van der Waals surface area contributed by atoms with Crippen molar-refractivity contribution in [2.75, 3.05) is 26.3 Å². The van der Waals surface area contributed by atoms with Gasteiger partial charge in [-0.2, -0.15) is 0 Å². The normalized spacial score (nSPS) is 23.7. The summed E-state index contributed by atoms with van der Waals surface area (Å²) >= 11 is 0. The zero-order valence-electron chi connectivity index (χ0n) is 14.7. The third kappa shape index (κ3) is 5.26. The molecule has 0 spiro atoms. The lowest BCUT2D eigenvalue weighted by molar-refractivity contribution is -0.133. The fourth-order valence-electron chi connectivity index (χ4n) is 3.59. The van der Waals surface area contributed by atoms with E-state index in [-0.39, 0.29) is 17.9 Å². The zero-order valence-corrected chi connectivity index (χ0v) is 14.7. The summed E-state index contributed by atoms with van der Waals surface area (Å²) < 4.78 is 5.57. The predicted molar refractivity (Wildman–Crippen MR) is 93.8 cm³/mol. The van der Waals surface area contributed by atoms with Crippen molar-refractivity contribution in [3.8, 4) is 0 Å². The van der Waals surface area contributed by atoms with Crippen molar-refractivity contribution in [1.82, 2.24) is 15.2 Å². The quantitative estimate of drug-likeness (QED) is 0.814. The Bertz CT molecular complexity index is 579. The molecule has 2 atom stereocenters. The number of hydrogen-bond acceptors (Lipinski definition) is 4. The standard InChI is InChI=1S/C19H27N3O3/c23-18(4-3-11-22-10-2-1-5-19(22)24)21-17-14-25-13-16(17)12-15-6-8-20-9-7-15/h6-9,16-17H,1-5,10-14H2,(H,21,23). The maximum Gasteiger partial charge on any atom is 0.222 e. The number of rotatable bonds is 7. The van der Waals surface area contributed by atoms with E-state index in [1.54, 1.807) is 12.4 Å². The summed E-state index contributed by atoms with van der Waals surface area (Å²) in [4.78, 5) is 29.9. The molecule has 0 bridgehead atoms. The fourth-order valence-corrected chi connectivity index (χ4v) is 3.59. The highest BCUT2D eigenvalue weighted by Crippen LogP contribution is 2.19. The Morgan fingerprint density at radius 3 is 2.92 bits per heavy atom. The summed E-state index contributed by atoms with van der Waals surface area (Å²) in [7, 11) is 0. The van der Waals surface area contributed by atoms with Crippen LogP contribution in [0.1, 0.15) is 37.7 Å². The van der Waals surface area contributed by atoms with Gasteiger partial charge >= 0.3 is 0 Å². The molecule has 2 fully saturated rings. The van der Waals surface area contributed by atoms with E-state index < -0.39 is 0 Å². The van der Waals surface area contributed by atoms with Crippen LogP contribution in [-0.4, -0.2) is 54.0 Å². The van der Waals surface area contributed by atoms with E-state index in [2.05, 4.69) is 10.3 Å². The van der Waals surface area contributed by atoms with E-state index in [1.165, 1.54) is 5.56 Å². The van der Waals surface area contributed by atoms with Crippen LogP contribution in [0.25, 0.3) is 0 Å². The Morgan fingerprint density at radius 2 is 2.12 bits per heavy atom. The summed E-state index contributed by atoms with van der Waals surface area (Å²) in [5.41, 5.74) is 1.22. The number of ether oxygens (including phenoxy) is 1. The van der Waals surface area contributed by atoms with Crippen LogP contribution in [0.4, 0.5) is 0 Å². The molecule has 2 amide bonds. The molecule has 2 unspecified atom stereocenters. The molecule has 3 rings (SSSR count). The molecule has 1 aromatic rings. The third-order valence-electron chi connectivity index (χ3n) is 5.05. The molecule has 1 aromatic heterocycles. The molecule has 0 aromatic carbocycles. The second kappa shape index (κ2) is 8.94. The van der Waals surface area contributed by atoms with Crippen molar-refractivity contribution in [3.05, 3.63) is 30.1 Å². The molecule has 6 heteroatoms. The highest BCUT2D eigenvalue weighted by atomic mass is 16.5. The lowest BCUT2D eigenvalue weighted by Crippen LogP contribution is -2.41. The minimum absolute atomic E-state index is 0.0553. The Labute approximate surface area is 148 Å². The third-order valence-corrected chi connectivity index (χ3v) is 5.05. The molecule has 0 saturated carbocycles. The molecule has 2 aliphatic rings. The highest BCUT2D eigenvalue weighted by molar-refractivity contribution is 5.77. The summed E-state index contributed by atoms with van der Waals surface area (Å²) in [6, 6.07) is 4.08. The lowest BCUT2D eigenvalue weighted by atomic mass is 9.95. The molecule has 136 valence electrons. The number of pyridine rings is 1. The van der Waals surface area contributed by atoms with Gasteiger partial charge in [0.05, 0.1) is 19.3 Å². The smallest absolute Gasteiger partial charge is 0.222 e. The first-order valence-corrected chi connectivity index (χ1v) is 9.26. The van der Waals surface area contributed by atoms with Crippen molar-refractivity contribution < 1.29 is 14.3 Å². The molecule has 2 saturated heterocycles. The molecular formula is C19H27N3O3. The van der Waals surface area contributed by atoms with Crippen LogP contribution in [0.15, 0.2) is 24.5 Å². The van der Waals surface area contributed by atoms with E-state index in [9.17, 15) is 9.59 Å². The van der Waals surface area contributed by atoms with Crippen molar-refractivity contribution in [1.29, 1.82) is 0 Å². The van der Waals surface area contributed by atoms with Crippen LogP contribution in [0, 0.1) is 5.92 Å². The van der Waals surface area contributed by atoms with Gasteiger partial charge in [-0.3, -0.25) is 14.6 Å². The molecule has 3 heterocycles. The number of nitrogens with zero attached hydrogens (tertiary/aromatic N) is 2. The van der Waals surface area contributed by atoms with Crippen LogP contribution >= 0.6 is 0 Å². The van der Waals surface area contributed by atoms with E-state index in [1.807, 2.05) is 17.0 Å². The van der Waals surface area contributed by atoms with Crippen LogP contribution in [-0.2, 0) is 20.7 Å². The lowest BCUT2D eigenvalue weighted by Gasteiger charge is -2.26. The monoisotopic (exact) mass is 345 g/mol. The molecule has 2 aliphatic heterocycles. The second-order valence-electron chi connectivity index (χ2n) is 6.97. The van der Waals surface area contributed by atoms with Crippen LogP contribution in [0.2, 0.25) is 0 Å².